The number of fused-ring (bicyclic) bond motifs is 1. The second-order valence-electron chi connectivity index (χ2n) is 7.54. The maximum absolute atomic E-state index is 13.0. The van der Waals surface area contributed by atoms with Crippen LogP contribution in [0.5, 0.6) is 5.75 Å². The summed E-state index contributed by atoms with van der Waals surface area (Å²) in [6, 6.07) is 13.9. The van der Waals surface area contributed by atoms with E-state index in [1.807, 2.05) is 41.4 Å². The number of H-pyrrole nitrogens is 1. The summed E-state index contributed by atoms with van der Waals surface area (Å²) < 4.78 is 5.33. The summed E-state index contributed by atoms with van der Waals surface area (Å²) in [4.78, 5) is 20.6. The molecule has 1 fully saturated rings. The van der Waals surface area contributed by atoms with Crippen molar-refractivity contribution in [1.82, 2.24) is 14.8 Å². The van der Waals surface area contributed by atoms with Crippen molar-refractivity contribution in [3.05, 3.63) is 64.8 Å². The van der Waals surface area contributed by atoms with Gasteiger partial charge in [-0.05, 0) is 47.9 Å². The van der Waals surface area contributed by atoms with E-state index < -0.39 is 0 Å². The van der Waals surface area contributed by atoms with E-state index >= 15 is 0 Å². The van der Waals surface area contributed by atoms with Crippen LogP contribution in [0.15, 0.2) is 48.7 Å². The number of carbonyl (C=O) groups excluding carboxylic acids is 1. The summed E-state index contributed by atoms with van der Waals surface area (Å²) in [5.41, 5.74) is 3.30. The normalized spacial score (nSPS) is 15.4. The molecule has 1 amide bonds. The van der Waals surface area contributed by atoms with Crippen LogP contribution >= 0.6 is 11.6 Å². The third kappa shape index (κ3) is 4.74. The lowest BCUT2D eigenvalue weighted by Crippen LogP contribution is -2.36. The highest BCUT2D eigenvalue weighted by molar-refractivity contribution is 6.30. The fourth-order valence-corrected chi connectivity index (χ4v) is 4.06. The van der Waals surface area contributed by atoms with Gasteiger partial charge in [0.05, 0.1) is 13.5 Å². The Labute approximate surface area is 176 Å². The van der Waals surface area contributed by atoms with Gasteiger partial charge in [0, 0.05) is 54.8 Å². The minimum absolute atomic E-state index is 0.182. The van der Waals surface area contributed by atoms with Crippen LogP contribution in [0, 0.1) is 0 Å². The van der Waals surface area contributed by atoms with Crippen LogP contribution in [0.2, 0.25) is 5.02 Å². The van der Waals surface area contributed by atoms with Crippen LogP contribution in [-0.2, 0) is 17.8 Å². The summed E-state index contributed by atoms with van der Waals surface area (Å²) in [6.45, 7) is 4.34. The maximum atomic E-state index is 13.0. The summed E-state index contributed by atoms with van der Waals surface area (Å²) in [5.74, 6) is 0.987. The molecule has 1 aromatic heterocycles. The van der Waals surface area contributed by atoms with Gasteiger partial charge < -0.3 is 14.6 Å². The van der Waals surface area contributed by atoms with Crippen LogP contribution in [0.3, 0.4) is 0 Å². The van der Waals surface area contributed by atoms with Crippen LogP contribution in [0.25, 0.3) is 10.9 Å². The van der Waals surface area contributed by atoms with Crippen LogP contribution in [-0.4, -0.2) is 54.0 Å². The SMILES string of the molecule is COc1ccc2[nH]cc(CC(=O)N3CCCN(Cc4ccc(Cl)cc4)CC3)c2c1. The molecule has 2 heterocycles. The number of hydrogen-bond acceptors (Lipinski definition) is 3. The van der Waals surface area contributed by atoms with E-state index in [2.05, 4.69) is 22.0 Å². The van der Waals surface area contributed by atoms with E-state index in [0.29, 0.717) is 6.42 Å². The number of rotatable bonds is 5. The number of hydrogen-bond donors (Lipinski definition) is 1. The van der Waals surface area contributed by atoms with Gasteiger partial charge in [-0.25, -0.2) is 0 Å². The maximum Gasteiger partial charge on any atom is 0.227 e. The number of aromatic nitrogens is 1. The number of nitrogens with zero attached hydrogens (tertiary/aromatic N) is 2. The van der Waals surface area contributed by atoms with Crippen molar-refractivity contribution < 1.29 is 9.53 Å². The Kier molecular flexibility index (Phi) is 6.07. The topological polar surface area (TPSA) is 48.6 Å². The summed E-state index contributed by atoms with van der Waals surface area (Å²) in [5, 5.41) is 1.81. The summed E-state index contributed by atoms with van der Waals surface area (Å²) in [7, 11) is 1.66. The molecular formula is C23H26ClN3O2. The molecule has 1 saturated heterocycles. The fourth-order valence-electron chi connectivity index (χ4n) is 3.93. The van der Waals surface area contributed by atoms with Crippen molar-refractivity contribution in [2.75, 3.05) is 33.3 Å². The first-order chi connectivity index (χ1) is 14.1. The average molecular weight is 412 g/mol. The molecule has 1 N–H and O–H groups in total. The molecular weight excluding hydrogens is 386 g/mol. The summed E-state index contributed by atoms with van der Waals surface area (Å²) in [6.07, 6.45) is 3.33. The Bertz CT molecular complexity index is 983. The van der Waals surface area contributed by atoms with Crippen LogP contribution in [0.1, 0.15) is 17.5 Å². The van der Waals surface area contributed by atoms with E-state index in [9.17, 15) is 4.79 Å². The minimum Gasteiger partial charge on any atom is -0.497 e. The predicted molar refractivity (Wildman–Crippen MR) is 116 cm³/mol. The number of ether oxygens (including phenoxy) is 1. The molecule has 6 heteroatoms. The molecule has 3 aromatic rings. The zero-order chi connectivity index (χ0) is 20.2. The van der Waals surface area contributed by atoms with Crippen molar-refractivity contribution in [3.8, 4) is 5.75 Å². The number of halogens is 1. The van der Waals surface area contributed by atoms with Crippen molar-refractivity contribution in [1.29, 1.82) is 0 Å². The first kappa shape index (κ1) is 19.8. The van der Waals surface area contributed by atoms with Gasteiger partial charge >= 0.3 is 0 Å². The largest absolute Gasteiger partial charge is 0.497 e. The Morgan fingerprint density at radius 1 is 1.10 bits per heavy atom. The molecule has 0 radical (unpaired) electrons. The zero-order valence-corrected chi connectivity index (χ0v) is 17.4. The average Bonchev–Trinajstić information content (AvgIpc) is 2.97. The molecule has 5 nitrogen and oxygen atoms in total. The van der Waals surface area contributed by atoms with Crippen molar-refractivity contribution in [2.24, 2.45) is 0 Å². The Morgan fingerprint density at radius 2 is 1.93 bits per heavy atom. The Morgan fingerprint density at radius 3 is 2.72 bits per heavy atom. The second kappa shape index (κ2) is 8.89. The molecule has 0 unspecified atom stereocenters. The molecule has 0 saturated carbocycles. The number of benzene rings is 2. The molecule has 0 spiro atoms. The predicted octanol–water partition coefficient (Wildman–Crippen LogP) is 4.11. The van der Waals surface area contributed by atoms with Crippen LogP contribution < -0.4 is 4.74 Å². The quantitative estimate of drug-likeness (QED) is 0.687. The zero-order valence-electron chi connectivity index (χ0n) is 16.7. The molecule has 2 aromatic carbocycles. The van der Waals surface area contributed by atoms with E-state index in [-0.39, 0.29) is 5.91 Å². The standard InChI is InChI=1S/C23H26ClN3O2/c1-29-20-7-8-22-21(14-20)18(15-25-22)13-23(28)27-10-2-9-26(11-12-27)16-17-3-5-19(24)6-4-17/h3-8,14-15,25H,2,9-13,16H2,1H3. The van der Waals surface area contributed by atoms with Gasteiger partial charge in [0.15, 0.2) is 0 Å². The lowest BCUT2D eigenvalue weighted by molar-refractivity contribution is -0.130. The lowest BCUT2D eigenvalue weighted by Gasteiger charge is -2.22. The first-order valence-corrected chi connectivity index (χ1v) is 10.4. The van der Waals surface area contributed by atoms with E-state index in [1.165, 1.54) is 5.56 Å². The second-order valence-corrected chi connectivity index (χ2v) is 7.98. The monoisotopic (exact) mass is 411 g/mol. The van der Waals surface area contributed by atoms with Gasteiger partial charge in [-0.15, -0.1) is 0 Å². The number of aromatic amines is 1. The van der Waals surface area contributed by atoms with E-state index in [4.69, 9.17) is 16.3 Å². The van der Waals surface area contributed by atoms with E-state index in [0.717, 1.165) is 66.4 Å². The van der Waals surface area contributed by atoms with Gasteiger partial charge in [0.2, 0.25) is 5.91 Å². The van der Waals surface area contributed by atoms with Crippen molar-refractivity contribution >= 4 is 28.4 Å². The fraction of sp³-hybridized carbons (Fsp3) is 0.348. The Hall–Kier alpha value is -2.50. The molecule has 0 aliphatic carbocycles. The highest BCUT2D eigenvalue weighted by atomic mass is 35.5. The first-order valence-electron chi connectivity index (χ1n) is 10.0. The van der Waals surface area contributed by atoms with Gasteiger partial charge in [-0.2, -0.15) is 0 Å². The Balaban J connectivity index is 1.38. The molecule has 1 aliphatic heterocycles. The van der Waals surface area contributed by atoms with Gasteiger partial charge in [0.25, 0.3) is 0 Å². The molecule has 29 heavy (non-hydrogen) atoms. The highest BCUT2D eigenvalue weighted by Gasteiger charge is 2.20. The number of nitrogens with one attached hydrogen (secondary N) is 1. The lowest BCUT2D eigenvalue weighted by atomic mass is 10.1. The van der Waals surface area contributed by atoms with E-state index in [1.54, 1.807) is 7.11 Å². The molecule has 0 bridgehead atoms. The minimum atomic E-state index is 0.182. The third-order valence-corrected chi connectivity index (χ3v) is 5.83. The molecule has 152 valence electrons. The third-order valence-electron chi connectivity index (χ3n) is 5.58. The van der Waals surface area contributed by atoms with Crippen molar-refractivity contribution in [3.63, 3.8) is 0 Å². The number of methoxy groups -OCH3 is 1. The van der Waals surface area contributed by atoms with Gasteiger partial charge in [-0.1, -0.05) is 23.7 Å². The van der Waals surface area contributed by atoms with Gasteiger partial charge in [0.1, 0.15) is 5.75 Å². The van der Waals surface area contributed by atoms with Crippen LogP contribution in [0.4, 0.5) is 0 Å². The molecule has 0 atom stereocenters. The number of amides is 1. The van der Waals surface area contributed by atoms with Gasteiger partial charge in [-0.3, -0.25) is 9.69 Å². The number of carbonyl (C=O) groups is 1. The van der Waals surface area contributed by atoms with Crippen molar-refractivity contribution in [2.45, 2.75) is 19.4 Å². The summed E-state index contributed by atoms with van der Waals surface area (Å²) >= 11 is 5.98. The highest BCUT2D eigenvalue weighted by Crippen LogP contribution is 2.24. The molecule has 4 rings (SSSR count). The molecule has 1 aliphatic rings. The smallest absolute Gasteiger partial charge is 0.227 e.